The molecule has 5 aliphatic carbocycles. The fraction of sp³-hybridized carbons (Fsp3) is 0.929. The number of carbonyl (C=O) groups excluding carboxylic acids is 1. The van der Waals surface area contributed by atoms with Crippen molar-refractivity contribution in [2.75, 3.05) is 6.61 Å². The first kappa shape index (κ1) is 23.8. The van der Waals surface area contributed by atoms with Crippen molar-refractivity contribution in [1.82, 2.24) is 0 Å². The summed E-state index contributed by atoms with van der Waals surface area (Å²) in [6, 6.07) is 0. The number of ketones is 1. The van der Waals surface area contributed by atoms with Gasteiger partial charge in [0.15, 0.2) is 5.78 Å². The monoisotopic (exact) mass is 460 g/mol. The summed E-state index contributed by atoms with van der Waals surface area (Å²) in [5.41, 5.74) is -0.460. The lowest BCUT2D eigenvalue weighted by Crippen LogP contribution is -2.66. The summed E-state index contributed by atoms with van der Waals surface area (Å²) in [5, 5.41) is 30.7. The van der Waals surface area contributed by atoms with Crippen LogP contribution in [0.15, 0.2) is 0 Å². The molecule has 11 unspecified atom stereocenters. The van der Waals surface area contributed by atoms with Crippen molar-refractivity contribution in [3.8, 4) is 0 Å². The number of hydrogen-bond acceptors (Lipinski definition) is 4. The molecule has 0 bridgehead atoms. The minimum absolute atomic E-state index is 0.00510. The van der Waals surface area contributed by atoms with Crippen molar-refractivity contribution < 1.29 is 24.9 Å². The third-order valence-corrected chi connectivity index (χ3v) is 13.0. The smallest absolute Gasteiger partial charge is 0.309 e. The van der Waals surface area contributed by atoms with Gasteiger partial charge in [-0.15, -0.1) is 0 Å². The van der Waals surface area contributed by atoms with Crippen LogP contribution in [0.3, 0.4) is 0 Å². The molecule has 5 heteroatoms. The molecule has 0 heterocycles. The van der Waals surface area contributed by atoms with Crippen LogP contribution in [0.4, 0.5) is 0 Å². The van der Waals surface area contributed by atoms with E-state index >= 15 is 0 Å². The largest absolute Gasteiger partial charge is 0.481 e. The zero-order valence-electron chi connectivity index (χ0n) is 21.0. The molecule has 0 aromatic heterocycles. The minimum Gasteiger partial charge on any atom is -0.481 e. The summed E-state index contributed by atoms with van der Waals surface area (Å²) in [5.74, 6) is 0.356. The number of Topliss-reactive ketones (excluding diaryl/α,β-unsaturated/α-hetero) is 1. The van der Waals surface area contributed by atoms with E-state index in [2.05, 4.69) is 27.7 Å². The number of aliphatic hydroxyl groups is 2. The van der Waals surface area contributed by atoms with Crippen molar-refractivity contribution in [2.24, 2.45) is 57.2 Å². The standard InChI is InChI=1S/C28H44O5/c1-16-18-8-11-27(4)22(25(18,2)10-9-20(16)30)6-5-19-23-17(21(31)15-29)7-12-28(23,24(32)33)14-13-26(19,27)3/h16-20,22-23,29-30H,5-15H2,1-4H3,(H,32,33). The van der Waals surface area contributed by atoms with Gasteiger partial charge in [0.05, 0.1) is 11.5 Å². The molecule has 5 rings (SSSR count). The second-order valence-corrected chi connectivity index (χ2v) is 13.4. The summed E-state index contributed by atoms with van der Waals surface area (Å²) < 4.78 is 0. The Labute approximate surface area is 198 Å². The van der Waals surface area contributed by atoms with Gasteiger partial charge in [-0.1, -0.05) is 27.7 Å². The molecule has 186 valence electrons. The average molecular weight is 461 g/mol. The molecule has 33 heavy (non-hydrogen) atoms. The van der Waals surface area contributed by atoms with E-state index in [0.29, 0.717) is 37.0 Å². The molecule has 0 amide bonds. The van der Waals surface area contributed by atoms with Crippen LogP contribution >= 0.6 is 0 Å². The van der Waals surface area contributed by atoms with Crippen molar-refractivity contribution in [3.63, 3.8) is 0 Å². The van der Waals surface area contributed by atoms with Crippen LogP contribution in [-0.2, 0) is 9.59 Å². The number of hydrogen-bond donors (Lipinski definition) is 3. The maximum absolute atomic E-state index is 12.8. The molecule has 5 saturated carbocycles. The molecule has 0 spiro atoms. The molecular formula is C28H44O5. The van der Waals surface area contributed by atoms with Crippen molar-refractivity contribution >= 4 is 11.8 Å². The predicted octanol–water partition coefficient (Wildman–Crippen LogP) is 4.68. The third-order valence-electron chi connectivity index (χ3n) is 13.0. The van der Waals surface area contributed by atoms with Gasteiger partial charge >= 0.3 is 5.97 Å². The highest BCUT2D eigenvalue weighted by Crippen LogP contribution is 2.76. The Morgan fingerprint density at radius 1 is 0.848 bits per heavy atom. The van der Waals surface area contributed by atoms with Crippen LogP contribution in [0.25, 0.3) is 0 Å². The molecular weight excluding hydrogens is 416 g/mol. The van der Waals surface area contributed by atoms with Crippen LogP contribution in [0.5, 0.6) is 0 Å². The van der Waals surface area contributed by atoms with Gasteiger partial charge in [-0.25, -0.2) is 0 Å². The number of aliphatic hydroxyl groups excluding tert-OH is 2. The van der Waals surface area contributed by atoms with Crippen molar-refractivity contribution in [2.45, 2.75) is 98.0 Å². The Morgan fingerprint density at radius 2 is 1.58 bits per heavy atom. The van der Waals surface area contributed by atoms with E-state index < -0.39 is 18.0 Å². The maximum Gasteiger partial charge on any atom is 0.309 e. The topological polar surface area (TPSA) is 94.8 Å². The lowest BCUT2D eigenvalue weighted by atomic mass is 9.33. The quantitative estimate of drug-likeness (QED) is 0.568. The predicted molar refractivity (Wildman–Crippen MR) is 125 cm³/mol. The van der Waals surface area contributed by atoms with Crippen LogP contribution in [0.1, 0.15) is 91.9 Å². The second-order valence-electron chi connectivity index (χ2n) is 13.4. The number of carboxylic acid groups (broad SMARTS) is 1. The lowest BCUT2D eigenvalue weighted by molar-refractivity contribution is -0.237. The molecule has 0 aromatic carbocycles. The van der Waals surface area contributed by atoms with E-state index in [-0.39, 0.29) is 45.9 Å². The zero-order valence-corrected chi connectivity index (χ0v) is 21.0. The molecule has 5 fully saturated rings. The van der Waals surface area contributed by atoms with E-state index in [1.165, 1.54) is 0 Å². The van der Waals surface area contributed by atoms with Gasteiger partial charge in [0.2, 0.25) is 0 Å². The van der Waals surface area contributed by atoms with Gasteiger partial charge in [0.1, 0.15) is 6.61 Å². The van der Waals surface area contributed by atoms with Crippen molar-refractivity contribution in [3.05, 3.63) is 0 Å². The summed E-state index contributed by atoms with van der Waals surface area (Å²) in [6.45, 7) is 9.18. The van der Waals surface area contributed by atoms with Gasteiger partial charge in [-0.05, 0) is 110 Å². The highest BCUT2D eigenvalue weighted by Gasteiger charge is 2.71. The van der Waals surface area contributed by atoms with Gasteiger partial charge in [-0.2, -0.15) is 0 Å². The number of fused-ring (bicyclic) bond motifs is 7. The summed E-state index contributed by atoms with van der Waals surface area (Å²) in [7, 11) is 0. The fourth-order valence-electron chi connectivity index (χ4n) is 11.0. The minimum atomic E-state index is -0.798. The first-order valence-electron chi connectivity index (χ1n) is 13.5. The number of carboxylic acids is 1. The first-order chi connectivity index (χ1) is 15.5. The van der Waals surface area contributed by atoms with Crippen LogP contribution in [-0.4, -0.2) is 39.8 Å². The maximum atomic E-state index is 12.8. The highest BCUT2D eigenvalue weighted by molar-refractivity contribution is 5.85. The highest BCUT2D eigenvalue weighted by atomic mass is 16.4. The number of rotatable bonds is 3. The Balaban J connectivity index is 1.55. The van der Waals surface area contributed by atoms with Gasteiger partial charge in [0.25, 0.3) is 0 Å². The summed E-state index contributed by atoms with van der Waals surface area (Å²) >= 11 is 0. The number of aliphatic carboxylic acids is 1. The molecule has 0 aliphatic heterocycles. The van der Waals surface area contributed by atoms with Gasteiger partial charge in [0, 0.05) is 5.92 Å². The zero-order chi connectivity index (χ0) is 24.0. The number of carbonyl (C=O) groups is 2. The molecule has 5 aliphatic rings. The second kappa shape index (κ2) is 7.53. The van der Waals surface area contributed by atoms with E-state index in [1.54, 1.807) is 0 Å². The Kier molecular flexibility index (Phi) is 5.43. The molecule has 0 saturated heterocycles. The SMILES string of the molecule is CC1C(O)CCC2(C)C1CCC1(C)C2CCC2C3C(C(=O)CO)CCC3(C(=O)O)CCC21C. The van der Waals surface area contributed by atoms with E-state index in [4.69, 9.17) is 0 Å². The summed E-state index contributed by atoms with van der Waals surface area (Å²) in [4.78, 5) is 25.5. The molecule has 5 nitrogen and oxygen atoms in total. The molecule has 3 N–H and O–H groups in total. The van der Waals surface area contributed by atoms with Gasteiger partial charge in [-0.3, -0.25) is 9.59 Å². The van der Waals surface area contributed by atoms with E-state index in [1.807, 2.05) is 0 Å². The van der Waals surface area contributed by atoms with Crippen molar-refractivity contribution in [1.29, 1.82) is 0 Å². The van der Waals surface area contributed by atoms with Crippen LogP contribution in [0, 0.1) is 57.2 Å². The van der Waals surface area contributed by atoms with Crippen LogP contribution < -0.4 is 0 Å². The summed E-state index contributed by atoms with van der Waals surface area (Å²) in [6.07, 6.45) is 8.91. The lowest BCUT2D eigenvalue weighted by Gasteiger charge is -2.71. The molecule has 0 radical (unpaired) electrons. The average Bonchev–Trinajstić information content (AvgIpc) is 3.18. The Morgan fingerprint density at radius 3 is 2.24 bits per heavy atom. The Bertz CT molecular complexity index is 840. The fourth-order valence-corrected chi connectivity index (χ4v) is 11.0. The first-order valence-corrected chi connectivity index (χ1v) is 13.5. The van der Waals surface area contributed by atoms with Gasteiger partial charge < -0.3 is 15.3 Å². The Hall–Kier alpha value is -0.940. The normalized spacial score (nSPS) is 55.6. The van der Waals surface area contributed by atoms with E-state index in [0.717, 1.165) is 44.9 Å². The third kappa shape index (κ3) is 2.84. The van der Waals surface area contributed by atoms with Crippen LogP contribution in [0.2, 0.25) is 0 Å². The van der Waals surface area contributed by atoms with E-state index in [9.17, 15) is 24.9 Å². The molecule has 0 aromatic rings. The molecule has 11 atom stereocenters.